The number of nitrogens with zero attached hydrogens (tertiary/aromatic N) is 2. The highest BCUT2D eigenvalue weighted by Gasteiger charge is 2.04. The number of aromatic nitrogens is 2. The molecule has 0 atom stereocenters. The van der Waals surface area contributed by atoms with Gasteiger partial charge in [-0.2, -0.15) is 0 Å². The second-order valence-corrected chi connectivity index (χ2v) is 3.65. The van der Waals surface area contributed by atoms with Gasteiger partial charge in [0.2, 0.25) is 0 Å². The minimum Gasteiger partial charge on any atom is -0.304 e. The monoisotopic (exact) mass is 174 g/mol. The fourth-order valence-electron chi connectivity index (χ4n) is 1.52. The maximum atomic E-state index is 4.48. The zero-order valence-electron chi connectivity index (χ0n) is 8.55. The van der Waals surface area contributed by atoms with Crippen molar-refractivity contribution >= 4 is 5.65 Å². The van der Waals surface area contributed by atoms with E-state index in [-0.39, 0.29) is 0 Å². The van der Waals surface area contributed by atoms with Crippen LogP contribution in [-0.4, -0.2) is 9.38 Å². The third-order valence-corrected chi connectivity index (χ3v) is 2.70. The number of hydrogen-bond donors (Lipinski definition) is 0. The van der Waals surface area contributed by atoms with Crippen molar-refractivity contribution in [2.45, 2.75) is 27.7 Å². The predicted molar refractivity (Wildman–Crippen MR) is 54.1 cm³/mol. The van der Waals surface area contributed by atoms with E-state index in [2.05, 4.69) is 42.4 Å². The lowest BCUT2D eigenvalue weighted by Gasteiger charge is -2.01. The molecule has 0 N–H and O–H groups in total. The molecule has 13 heavy (non-hydrogen) atoms. The van der Waals surface area contributed by atoms with Gasteiger partial charge in [-0.05, 0) is 44.9 Å². The number of rotatable bonds is 0. The average molecular weight is 174 g/mol. The molecule has 0 aliphatic carbocycles. The Morgan fingerprint density at radius 1 is 1.08 bits per heavy atom. The minimum atomic E-state index is 1.05. The fourth-order valence-corrected chi connectivity index (χ4v) is 1.52. The summed E-state index contributed by atoms with van der Waals surface area (Å²) in [6, 6.07) is 2.13. The first-order chi connectivity index (χ1) is 6.09. The summed E-state index contributed by atoms with van der Waals surface area (Å²) in [6.07, 6.45) is 2.15. The number of fused-ring (bicyclic) bond motifs is 1. The summed E-state index contributed by atoms with van der Waals surface area (Å²) < 4.78 is 2.15. The molecule has 2 rings (SSSR count). The van der Waals surface area contributed by atoms with Gasteiger partial charge in [0.1, 0.15) is 5.65 Å². The van der Waals surface area contributed by atoms with Crippen molar-refractivity contribution in [2.24, 2.45) is 0 Å². The lowest BCUT2D eigenvalue weighted by Crippen LogP contribution is -1.91. The molecule has 2 nitrogen and oxygen atoms in total. The maximum absolute atomic E-state index is 4.48. The van der Waals surface area contributed by atoms with Crippen molar-refractivity contribution in [3.63, 3.8) is 0 Å². The number of pyridine rings is 1. The molecule has 2 aromatic heterocycles. The van der Waals surface area contributed by atoms with Crippen molar-refractivity contribution in [1.82, 2.24) is 9.38 Å². The summed E-state index contributed by atoms with van der Waals surface area (Å²) in [5.74, 6) is 0. The van der Waals surface area contributed by atoms with Gasteiger partial charge in [-0.1, -0.05) is 0 Å². The zero-order chi connectivity index (χ0) is 9.59. The Morgan fingerprint density at radius 3 is 2.46 bits per heavy atom. The SMILES string of the molecule is Cc1cc2nc(C)c(C)n2cc1C. The molecule has 0 spiro atoms. The van der Waals surface area contributed by atoms with Crippen LogP contribution in [-0.2, 0) is 0 Å². The highest BCUT2D eigenvalue weighted by molar-refractivity contribution is 5.47. The van der Waals surface area contributed by atoms with Crippen LogP contribution in [0.1, 0.15) is 22.5 Å². The summed E-state index contributed by atoms with van der Waals surface area (Å²) in [4.78, 5) is 4.48. The van der Waals surface area contributed by atoms with Crippen LogP contribution >= 0.6 is 0 Å². The predicted octanol–water partition coefficient (Wildman–Crippen LogP) is 2.57. The van der Waals surface area contributed by atoms with E-state index in [1.54, 1.807) is 0 Å². The number of hydrogen-bond acceptors (Lipinski definition) is 1. The van der Waals surface area contributed by atoms with E-state index in [1.807, 2.05) is 6.92 Å². The van der Waals surface area contributed by atoms with E-state index in [0.717, 1.165) is 11.3 Å². The van der Waals surface area contributed by atoms with Crippen molar-refractivity contribution in [1.29, 1.82) is 0 Å². The van der Waals surface area contributed by atoms with E-state index in [9.17, 15) is 0 Å². The first-order valence-electron chi connectivity index (χ1n) is 4.52. The molecule has 0 amide bonds. The molecule has 0 aliphatic heterocycles. The van der Waals surface area contributed by atoms with Crippen LogP contribution in [0, 0.1) is 27.7 Å². The second kappa shape index (κ2) is 2.59. The van der Waals surface area contributed by atoms with E-state index < -0.39 is 0 Å². The summed E-state index contributed by atoms with van der Waals surface area (Å²) >= 11 is 0. The average Bonchev–Trinajstić information content (AvgIpc) is 2.32. The van der Waals surface area contributed by atoms with Crippen LogP contribution in [0.25, 0.3) is 5.65 Å². The summed E-state index contributed by atoms with van der Waals surface area (Å²) in [7, 11) is 0. The van der Waals surface area contributed by atoms with Gasteiger partial charge in [-0.3, -0.25) is 0 Å². The van der Waals surface area contributed by atoms with Crippen LogP contribution in [0.15, 0.2) is 12.3 Å². The van der Waals surface area contributed by atoms with Gasteiger partial charge in [-0.25, -0.2) is 4.98 Å². The topological polar surface area (TPSA) is 17.3 Å². The summed E-state index contributed by atoms with van der Waals surface area (Å²) in [5, 5.41) is 0. The molecule has 2 aromatic rings. The Bertz CT molecular complexity index is 466. The van der Waals surface area contributed by atoms with Gasteiger partial charge in [0.05, 0.1) is 5.69 Å². The zero-order valence-corrected chi connectivity index (χ0v) is 8.55. The van der Waals surface area contributed by atoms with Gasteiger partial charge in [0, 0.05) is 11.9 Å². The van der Waals surface area contributed by atoms with Gasteiger partial charge in [0.15, 0.2) is 0 Å². The third kappa shape index (κ3) is 1.13. The van der Waals surface area contributed by atoms with Crippen LogP contribution in [0.4, 0.5) is 0 Å². The van der Waals surface area contributed by atoms with Gasteiger partial charge < -0.3 is 4.40 Å². The first kappa shape index (κ1) is 8.30. The van der Waals surface area contributed by atoms with Crippen LogP contribution in [0.3, 0.4) is 0 Å². The van der Waals surface area contributed by atoms with Gasteiger partial charge >= 0.3 is 0 Å². The second-order valence-electron chi connectivity index (χ2n) is 3.65. The van der Waals surface area contributed by atoms with E-state index >= 15 is 0 Å². The highest BCUT2D eigenvalue weighted by atomic mass is 15.0. The quantitative estimate of drug-likeness (QED) is 0.600. The smallest absolute Gasteiger partial charge is 0.137 e. The fraction of sp³-hybridized carbons (Fsp3) is 0.364. The van der Waals surface area contributed by atoms with E-state index in [4.69, 9.17) is 0 Å². The van der Waals surface area contributed by atoms with E-state index in [0.29, 0.717) is 0 Å². The summed E-state index contributed by atoms with van der Waals surface area (Å²) in [5.41, 5.74) is 6.02. The van der Waals surface area contributed by atoms with Gasteiger partial charge in [-0.15, -0.1) is 0 Å². The largest absolute Gasteiger partial charge is 0.304 e. The molecule has 0 radical (unpaired) electrons. The maximum Gasteiger partial charge on any atom is 0.137 e. The highest BCUT2D eigenvalue weighted by Crippen LogP contribution is 2.15. The Kier molecular flexibility index (Phi) is 1.65. The molecule has 68 valence electrons. The molecule has 2 heteroatoms. The van der Waals surface area contributed by atoms with Crippen molar-refractivity contribution < 1.29 is 0 Å². The minimum absolute atomic E-state index is 1.05. The molecule has 0 aromatic carbocycles. The van der Waals surface area contributed by atoms with Gasteiger partial charge in [0.25, 0.3) is 0 Å². The lowest BCUT2D eigenvalue weighted by atomic mass is 10.2. The molecule has 0 saturated heterocycles. The van der Waals surface area contributed by atoms with Crippen LogP contribution < -0.4 is 0 Å². The molecule has 0 fully saturated rings. The van der Waals surface area contributed by atoms with Crippen molar-refractivity contribution in [2.75, 3.05) is 0 Å². The Morgan fingerprint density at radius 2 is 1.77 bits per heavy atom. The molecule has 2 heterocycles. The lowest BCUT2D eigenvalue weighted by molar-refractivity contribution is 1.07. The Labute approximate surface area is 78.2 Å². The molecular formula is C11H14N2. The normalized spacial score (nSPS) is 11.1. The Balaban J connectivity index is 2.89. The molecule has 0 saturated carbocycles. The standard InChI is InChI=1S/C11H14N2/c1-7-5-11-12-9(3)10(4)13(11)6-8(7)2/h5-6H,1-4H3. The third-order valence-electron chi connectivity index (χ3n) is 2.70. The summed E-state index contributed by atoms with van der Waals surface area (Å²) in [6.45, 7) is 8.40. The molecular weight excluding hydrogens is 160 g/mol. The van der Waals surface area contributed by atoms with Crippen LogP contribution in [0.2, 0.25) is 0 Å². The molecule has 0 bridgehead atoms. The van der Waals surface area contributed by atoms with Crippen LogP contribution in [0.5, 0.6) is 0 Å². The number of aryl methyl sites for hydroxylation is 4. The molecule has 0 aliphatic rings. The number of imidazole rings is 1. The van der Waals surface area contributed by atoms with E-state index in [1.165, 1.54) is 16.8 Å². The molecule has 0 unspecified atom stereocenters. The van der Waals surface area contributed by atoms with Crippen molar-refractivity contribution in [3.05, 3.63) is 34.8 Å². The Hall–Kier alpha value is -1.31. The van der Waals surface area contributed by atoms with Crippen molar-refractivity contribution in [3.8, 4) is 0 Å². The first-order valence-corrected chi connectivity index (χ1v) is 4.52.